The molecule has 13 heavy (non-hydrogen) atoms. The Balaban J connectivity index is 2.03. The summed E-state index contributed by atoms with van der Waals surface area (Å²) >= 11 is 0. The van der Waals surface area contributed by atoms with Gasteiger partial charge in [-0.25, -0.2) is 0 Å². The molecule has 2 rings (SSSR count). The lowest BCUT2D eigenvalue weighted by atomic mass is 10.1. The molecular weight excluding hydrogens is 160 g/mol. The molecule has 2 atom stereocenters. The first-order chi connectivity index (χ1) is 6.42. The van der Waals surface area contributed by atoms with Crippen LogP contribution in [0.15, 0.2) is 0 Å². The van der Waals surface area contributed by atoms with E-state index in [0.717, 1.165) is 18.6 Å². The third kappa shape index (κ3) is 1.87. The highest BCUT2D eigenvalue weighted by Gasteiger charge is 2.32. The number of hydrogen-bond acceptors (Lipinski definition) is 2. The molecule has 0 radical (unpaired) electrons. The Morgan fingerprint density at radius 3 is 3.15 bits per heavy atom. The standard InChI is InChI=1S/C11H18N2/c1-2-8-13-9-4-3-5-10-11(13)6-7-12-10/h1,10-12H,3-9H2/t10-,11-/m1/s1. The SMILES string of the molecule is C#CCN1CCCC[C@H]2NCC[C@H]21. The molecule has 2 fully saturated rings. The van der Waals surface area contributed by atoms with Crippen LogP contribution in [-0.4, -0.2) is 36.6 Å². The molecule has 0 spiro atoms. The van der Waals surface area contributed by atoms with Crippen LogP contribution in [-0.2, 0) is 0 Å². The summed E-state index contributed by atoms with van der Waals surface area (Å²) in [6.07, 6.45) is 10.7. The van der Waals surface area contributed by atoms with Crippen LogP contribution in [0.25, 0.3) is 0 Å². The van der Waals surface area contributed by atoms with Crippen LogP contribution in [0.4, 0.5) is 0 Å². The zero-order valence-corrected chi connectivity index (χ0v) is 8.13. The van der Waals surface area contributed by atoms with Gasteiger partial charge in [0, 0.05) is 12.1 Å². The Bertz CT molecular complexity index is 207. The normalized spacial score (nSPS) is 35.0. The lowest BCUT2D eigenvalue weighted by molar-refractivity contribution is 0.219. The van der Waals surface area contributed by atoms with Crippen molar-refractivity contribution in [2.45, 2.75) is 37.8 Å². The Hall–Kier alpha value is -0.520. The minimum atomic E-state index is 0.718. The van der Waals surface area contributed by atoms with Gasteiger partial charge in [-0.1, -0.05) is 12.3 Å². The molecule has 2 saturated heterocycles. The first kappa shape index (κ1) is 9.05. The highest BCUT2D eigenvalue weighted by Crippen LogP contribution is 2.23. The molecule has 0 unspecified atom stereocenters. The van der Waals surface area contributed by atoms with Gasteiger partial charge in [0.15, 0.2) is 0 Å². The number of terminal acetylenes is 1. The third-order valence-corrected chi connectivity index (χ3v) is 3.28. The second-order valence-electron chi connectivity index (χ2n) is 4.09. The zero-order chi connectivity index (χ0) is 9.10. The van der Waals surface area contributed by atoms with Crippen molar-refractivity contribution in [2.24, 2.45) is 0 Å². The minimum Gasteiger partial charge on any atom is -0.312 e. The van der Waals surface area contributed by atoms with Crippen molar-refractivity contribution in [2.75, 3.05) is 19.6 Å². The van der Waals surface area contributed by atoms with Crippen molar-refractivity contribution < 1.29 is 0 Å². The number of fused-ring (bicyclic) bond motifs is 1. The maximum absolute atomic E-state index is 5.38. The van der Waals surface area contributed by atoms with Gasteiger partial charge in [0.05, 0.1) is 6.54 Å². The van der Waals surface area contributed by atoms with Crippen molar-refractivity contribution in [1.82, 2.24) is 10.2 Å². The van der Waals surface area contributed by atoms with Crippen LogP contribution < -0.4 is 5.32 Å². The number of nitrogens with zero attached hydrogens (tertiary/aromatic N) is 1. The summed E-state index contributed by atoms with van der Waals surface area (Å²) in [7, 11) is 0. The van der Waals surface area contributed by atoms with E-state index in [9.17, 15) is 0 Å². The van der Waals surface area contributed by atoms with E-state index in [1.54, 1.807) is 0 Å². The quantitative estimate of drug-likeness (QED) is 0.598. The van der Waals surface area contributed by atoms with Crippen LogP contribution >= 0.6 is 0 Å². The molecule has 0 aromatic heterocycles. The summed E-state index contributed by atoms with van der Waals surface area (Å²) in [6, 6.07) is 1.44. The Morgan fingerprint density at radius 2 is 2.31 bits per heavy atom. The van der Waals surface area contributed by atoms with Gasteiger partial charge in [-0.15, -0.1) is 6.42 Å². The number of rotatable bonds is 1. The lowest BCUT2D eigenvalue weighted by Gasteiger charge is -2.28. The van der Waals surface area contributed by atoms with E-state index < -0.39 is 0 Å². The van der Waals surface area contributed by atoms with Crippen molar-refractivity contribution >= 4 is 0 Å². The minimum absolute atomic E-state index is 0.718. The van der Waals surface area contributed by atoms with Crippen LogP contribution in [0.3, 0.4) is 0 Å². The molecular formula is C11H18N2. The zero-order valence-electron chi connectivity index (χ0n) is 8.13. The molecule has 2 nitrogen and oxygen atoms in total. The number of nitrogens with one attached hydrogen (secondary N) is 1. The fourth-order valence-electron chi connectivity index (χ4n) is 2.64. The van der Waals surface area contributed by atoms with E-state index in [1.807, 2.05) is 0 Å². The molecule has 0 saturated carbocycles. The van der Waals surface area contributed by atoms with Crippen molar-refractivity contribution in [1.29, 1.82) is 0 Å². The molecule has 0 amide bonds. The maximum Gasteiger partial charge on any atom is 0.0601 e. The Morgan fingerprint density at radius 1 is 1.38 bits per heavy atom. The summed E-state index contributed by atoms with van der Waals surface area (Å²) in [5, 5.41) is 3.58. The smallest absolute Gasteiger partial charge is 0.0601 e. The van der Waals surface area contributed by atoms with Gasteiger partial charge >= 0.3 is 0 Å². The molecule has 72 valence electrons. The molecule has 0 aromatic rings. The van der Waals surface area contributed by atoms with E-state index in [2.05, 4.69) is 16.1 Å². The van der Waals surface area contributed by atoms with Gasteiger partial charge in [0.25, 0.3) is 0 Å². The van der Waals surface area contributed by atoms with Gasteiger partial charge in [0.1, 0.15) is 0 Å². The third-order valence-electron chi connectivity index (χ3n) is 3.28. The molecule has 0 bridgehead atoms. The molecule has 2 heterocycles. The monoisotopic (exact) mass is 178 g/mol. The van der Waals surface area contributed by atoms with Crippen LogP contribution in [0, 0.1) is 12.3 Å². The highest BCUT2D eigenvalue weighted by molar-refractivity contribution is 4.97. The van der Waals surface area contributed by atoms with E-state index in [0.29, 0.717) is 0 Å². The van der Waals surface area contributed by atoms with Crippen molar-refractivity contribution in [3.8, 4) is 12.3 Å². The Kier molecular flexibility index (Phi) is 2.87. The van der Waals surface area contributed by atoms with Gasteiger partial charge in [-0.05, 0) is 32.4 Å². The van der Waals surface area contributed by atoms with Crippen LogP contribution in [0.2, 0.25) is 0 Å². The maximum atomic E-state index is 5.38. The second-order valence-corrected chi connectivity index (χ2v) is 4.09. The van der Waals surface area contributed by atoms with Gasteiger partial charge in [0.2, 0.25) is 0 Å². The summed E-state index contributed by atoms with van der Waals surface area (Å²) in [5.74, 6) is 2.78. The highest BCUT2D eigenvalue weighted by atomic mass is 15.2. The molecule has 0 aliphatic carbocycles. The fraction of sp³-hybridized carbons (Fsp3) is 0.818. The molecule has 2 heteroatoms. The first-order valence-electron chi connectivity index (χ1n) is 5.32. The summed E-state index contributed by atoms with van der Waals surface area (Å²) in [4.78, 5) is 2.48. The summed E-state index contributed by atoms with van der Waals surface area (Å²) < 4.78 is 0. The van der Waals surface area contributed by atoms with E-state index in [4.69, 9.17) is 6.42 Å². The van der Waals surface area contributed by atoms with Gasteiger partial charge < -0.3 is 5.32 Å². The first-order valence-corrected chi connectivity index (χ1v) is 5.32. The second kappa shape index (κ2) is 4.13. The fourth-order valence-corrected chi connectivity index (χ4v) is 2.64. The molecule has 2 aliphatic heterocycles. The van der Waals surface area contributed by atoms with E-state index >= 15 is 0 Å². The topological polar surface area (TPSA) is 15.3 Å². The van der Waals surface area contributed by atoms with Crippen LogP contribution in [0.1, 0.15) is 25.7 Å². The number of likely N-dealkylation sites (tertiary alicyclic amines) is 1. The van der Waals surface area contributed by atoms with Gasteiger partial charge in [-0.3, -0.25) is 4.90 Å². The predicted octanol–water partition coefficient (Wildman–Crippen LogP) is 0.836. The molecule has 2 aliphatic rings. The van der Waals surface area contributed by atoms with Crippen molar-refractivity contribution in [3.05, 3.63) is 0 Å². The van der Waals surface area contributed by atoms with Crippen LogP contribution in [0.5, 0.6) is 0 Å². The van der Waals surface area contributed by atoms with E-state index in [-0.39, 0.29) is 0 Å². The lowest BCUT2D eigenvalue weighted by Crippen LogP contribution is -2.42. The largest absolute Gasteiger partial charge is 0.312 e. The van der Waals surface area contributed by atoms with Gasteiger partial charge in [-0.2, -0.15) is 0 Å². The predicted molar refractivity (Wildman–Crippen MR) is 54.5 cm³/mol. The average Bonchev–Trinajstić information content (AvgIpc) is 2.52. The average molecular weight is 178 g/mol. The summed E-state index contributed by atoms with van der Waals surface area (Å²) in [5.41, 5.74) is 0. The molecule has 0 aromatic carbocycles. The van der Waals surface area contributed by atoms with Crippen molar-refractivity contribution in [3.63, 3.8) is 0 Å². The number of hydrogen-bond donors (Lipinski definition) is 1. The summed E-state index contributed by atoms with van der Waals surface area (Å²) in [6.45, 7) is 3.21. The molecule has 1 N–H and O–H groups in total. The van der Waals surface area contributed by atoms with E-state index in [1.165, 1.54) is 38.8 Å². The Labute approximate surface area is 80.7 Å².